The van der Waals surface area contributed by atoms with E-state index in [4.69, 9.17) is 4.74 Å². The maximum absolute atomic E-state index is 13.2. The average molecular weight is 363 g/mol. The second-order valence-electron chi connectivity index (χ2n) is 6.74. The molecular formula is C18H25N3O3S. The van der Waals surface area contributed by atoms with Gasteiger partial charge < -0.3 is 9.64 Å². The minimum atomic E-state index is -0.336. The van der Waals surface area contributed by atoms with Crippen LogP contribution < -0.4 is 5.56 Å². The fourth-order valence-electron chi connectivity index (χ4n) is 3.46. The number of carbonyl (C=O) groups excluding carboxylic acids is 1. The number of aryl methyl sites for hydroxylation is 2. The topological polar surface area (TPSA) is 64.4 Å². The third kappa shape index (κ3) is 3.35. The van der Waals surface area contributed by atoms with Gasteiger partial charge in [0.15, 0.2) is 0 Å². The first-order valence-electron chi connectivity index (χ1n) is 8.78. The number of fused-ring (bicyclic) bond motifs is 3. The molecule has 7 heteroatoms. The van der Waals surface area contributed by atoms with Gasteiger partial charge in [-0.05, 0) is 52.8 Å². The summed E-state index contributed by atoms with van der Waals surface area (Å²) < 4.78 is 6.99. The van der Waals surface area contributed by atoms with Crippen LogP contribution in [0.15, 0.2) is 4.79 Å². The molecule has 0 radical (unpaired) electrons. The summed E-state index contributed by atoms with van der Waals surface area (Å²) in [4.78, 5) is 34.2. The Morgan fingerprint density at radius 1 is 1.44 bits per heavy atom. The van der Waals surface area contributed by atoms with Gasteiger partial charge in [-0.3, -0.25) is 14.2 Å². The van der Waals surface area contributed by atoms with Gasteiger partial charge in [-0.2, -0.15) is 0 Å². The van der Waals surface area contributed by atoms with E-state index in [0.29, 0.717) is 18.5 Å². The molecule has 1 aliphatic rings. The van der Waals surface area contributed by atoms with Crippen LogP contribution in [0.25, 0.3) is 10.2 Å². The standard InChI is InChI=1S/C18H25N3O3S/c1-5-24-18(23)12-7-6-8-13-14(12)15-16(25-13)19-11(2)21(17(15)22)10-9-20(3)4/h12H,5-10H2,1-4H3. The molecule has 0 N–H and O–H groups in total. The second kappa shape index (κ2) is 7.25. The van der Waals surface area contributed by atoms with Gasteiger partial charge in [0.05, 0.1) is 17.9 Å². The highest BCUT2D eigenvalue weighted by Crippen LogP contribution is 2.41. The summed E-state index contributed by atoms with van der Waals surface area (Å²) in [5.74, 6) is 0.172. The van der Waals surface area contributed by atoms with Gasteiger partial charge >= 0.3 is 5.97 Å². The molecular weight excluding hydrogens is 338 g/mol. The first-order valence-corrected chi connectivity index (χ1v) is 9.59. The highest BCUT2D eigenvalue weighted by atomic mass is 32.1. The van der Waals surface area contributed by atoms with E-state index in [2.05, 4.69) is 4.98 Å². The molecule has 136 valence electrons. The van der Waals surface area contributed by atoms with Crippen molar-refractivity contribution >= 4 is 27.5 Å². The van der Waals surface area contributed by atoms with Crippen LogP contribution in [0.2, 0.25) is 0 Å². The summed E-state index contributed by atoms with van der Waals surface area (Å²) in [5, 5.41) is 0.627. The molecule has 0 bridgehead atoms. The Kier molecular flexibility index (Phi) is 5.24. The summed E-state index contributed by atoms with van der Waals surface area (Å²) in [6.45, 7) is 5.40. The Morgan fingerprint density at radius 2 is 2.20 bits per heavy atom. The summed E-state index contributed by atoms with van der Waals surface area (Å²) >= 11 is 1.56. The van der Waals surface area contributed by atoms with Gasteiger partial charge in [-0.1, -0.05) is 0 Å². The number of likely N-dealkylation sites (N-methyl/N-ethyl adjacent to an activating group) is 1. The number of hydrogen-bond acceptors (Lipinski definition) is 6. The fraction of sp³-hybridized carbons (Fsp3) is 0.611. The van der Waals surface area contributed by atoms with E-state index < -0.39 is 0 Å². The fourth-order valence-corrected chi connectivity index (χ4v) is 4.77. The number of nitrogens with zero attached hydrogens (tertiary/aromatic N) is 3. The summed E-state index contributed by atoms with van der Waals surface area (Å²) in [6.07, 6.45) is 2.59. The quantitative estimate of drug-likeness (QED) is 0.763. The Hall–Kier alpha value is -1.73. The smallest absolute Gasteiger partial charge is 0.313 e. The van der Waals surface area contributed by atoms with Crippen molar-refractivity contribution in [1.29, 1.82) is 0 Å². The lowest BCUT2D eigenvalue weighted by molar-refractivity contribution is -0.145. The van der Waals surface area contributed by atoms with Crippen molar-refractivity contribution in [2.24, 2.45) is 0 Å². The van der Waals surface area contributed by atoms with Gasteiger partial charge in [0.1, 0.15) is 10.7 Å². The molecule has 25 heavy (non-hydrogen) atoms. The normalized spacial score (nSPS) is 17.1. The third-order valence-corrected chi connectivity index (χ3v) is 5.86. The molecule has 0 amide bonds. The lowest BCUT2D eigenvalue weighted by Crippen LogP contribution is -2.30. The molecule has 0 saturated heterocycles. The third-order valence-electron chi connectivity index (χ3n) is 4.70. The zero-order valence-corrected chi connectivity index (χ0v) is 16.1. The van der Waals surface area contributed by atoms with Crippen molar-refractivity contribution in [3.05, 3.63) is 26.6 Å². The Labute approximate surface area is 151 Å². The number of esters is 1. The Balaban J connectivity index is 2.15. The van der Waals surface area contributed by atoms with E-state index in [1.54, 1.807) is 15.9 Å². The van der Waals surface area contributed by atoms with E-state index in [0.717, 1.165) is 46.9 Å². The molecule has 2 heterocycles. The van der Waals surface area contributed by atoms with Crippen molar-refractivity contribution in [2.45, 2.75) is 45.6 Å². The largest absolute Gasteiger partial charge is 0.466 e. The van der Waals surface area contributed by atoms with Gasteiger partial charge in [0.25, 0.3) is 5.56 Å². The predicted molar refractivity (Wildman–Crippen MR) is 99.5 cm³/mol. The number of ether oxygens (including phenoxy) is 1. The van der Waals surface area contributed by atoms with Gasteiger partial charge in [-0.25, -0.2) is 4.98 Å². The van der Waals surface area contributed by atoms with Crippen LogP contribution in [-0.4, -0.2) is 47.7 Å². The molecule has 2 aromatic heterocycles. The van der Waals surface area contributed by atoms with Crippen LogP contribution in [0.4, 0.5) is 0 Å². The SMILES string of the molecule is CCOC(=O)C1CCCc2sc3nc(C)n(CCN(C)C)c(=O)c3c21. The van der Waals surface area contributed by atoms with Gasteiger partial charge in [0.2, 0.25) is 0 Å². The molecule has 1 atom stereocenters. The lowest BCUT2D eigenvalue weighted by atomic mass is 9.86. The Bertz CT molecular complexity index is 853. The predicted octanol–water partition coefficient (Wildman–Crippen LogP) is 2.31. The minimum absolute atomic E-state index is 0.0296. The van der Waals surface area contributed by atoms with Crippen LogP contribution >= 0.6 is 11.3 Å². The van der Waals surface area contributed by atoms with E-state index in [9.17, 15) is 9.59 Å². The van der Waals surface area contributed by atoms with E-state index in [-0.39, 0.29) is 17.4 Å². The van der Waals surface area contributed by atoms with E-state index in [1.165, 1.54) is 0 Å². The van der Waals surface area contributed by atoms with Crippen molar-refractivity contribution < 1.29 is 9.53 Å². The van der Waals surface area contributed by atoms with Crippen molar-refractivity contribution in [3.8, 4) is 0 Å². The maximum atomic E-state index is 13.2. The van der Waals surface area contributed by atoms with Crippen LogP contribution in [0.3, 0.4) is 0 Å². The zero-order valence-electron chi connectivity index (χ0n) is 15.3. The molecule has 0 fully saturated rings. The van der Waals surface area contributed by atoms with Crippen molar-refractivity contribution in [1.82, 2.24) is 14.5 Å². The molecule has 1 unspecified atom stereocenters. The molecule has 0 spiro atoms. The highest BCUT2D eigenvalue weighted by molar-refractivity contribution is 7.18. The summed E-state index contributed by atoms with van der Waals surface area (Å²) in [5.41, 5.74) is 0.846. The van der Waals surface area contributed by atoms with Crippen molar-refractivity contribution in [3.63, 3.8) is 0 Å². The van der Waals surface area contributed by atoms with Crippen LogP contribution in [0, 0.1) is 6.92 Å². The molecule has 0 saturated carbocycles. The second-order valence-corrected chi connectivity index (χ2v) is 7.82. The first-order chi connectivity index (χ1) is 11.9. The molecule has 1 aliphatic carbocycles. The average Bonchev–Trinajstić information content (AvgIpc) is 2.92. The van der Waals surface area contributed by atoms with Crippen LogP contribution in [0.1, 0.15) is 41.9 Å². The van der Waals surface area contributed by atoms with Gasteiger partial charge in [-0.15, -0.1) is 11.3 Å². The highest BCUT2D eigenvalue weighted by Gasteiger charge is 2.33. The van der Waals surface area contributed by atoms with Crippen LogP contribution in [-0.2, 0) is 22.5 Å². The number of thiophene rings is 1. The van der Waals surface area contributed by atoms with E-state index >= 15 is 0 Å². The summed E-state index contributed by atoms with van der Waals surface area (Å²) in [6, 6.07) is 0. The number of rotatable bonds is 5. The molecule has 2 aromatic rings. The number of carbonyl (C=O) groups is 1. The molecule has 0 aliphatic heterocycles. The number of aromatic nitrogens is 2. The number of hydrogen-bond donors (Lipinski definition) is 0. The van der Waals surface area contributed by atoms with E-state index in [1.807, 2.05) is 32.8 Å². The Morgan fingerprint density at radius 3 is 2.88 bits per heavy atom. The lowest BCUT2D eigenvalue weighted by Gasteiger charge is -2.21. The van der Waals surface area contributed by atoms with Gasteiger partial charge in [0, 0.05) is 18.0 Å². The first kappa shape index (κ1) is 18.1. The monoisotopic (exact) mass is 363 g/mol. The minimum Gasteiger partial charge on any atom is -0.466 e. The van der Waals surface area contributed by atoms with Crippen molar-refractivity contribution in [2.75, 3.05) is 27.2 Å². The zero-order chi connectivity index (χ0) is 18.1. The van der Waals surface area contributed by atoms with Crippen LogP contribution in [0.5, 0.6) is 0 Å². The molecule has 3 rings (SSSR count). The maximum Gasteiger partial charge on any atom is 0.313 e. The summed E-state index contributed by atoms with van der Waals surface area (Å²) in [7, 11) is 3.96. The molecule has 0 aromatic carbocycles. The molecule has 6 nitrogen and oxygen atoms in total.